The van der Waals surface area contributed by atoms with Crippen molar-refractivity contribution in [3.63, 3.8) is 0 Å². The van der Waals surface area contributed by atoms with Crippen LogP contribution in [0.3, 0.4) is 0 Å². The molecule has 16 heavy (non-hydrogen) atoms. The molecule has 1 heterocycles. The Labute approximate surface area is 98.1 Å². The van der Waals surface area contributed by atoms with E-state index in [0.717, 1.165) is 6.61 Å². The molecule has 0 saturated carbocycles. The van der Waals surface area contributed by atoms with Crippen LogP contribution in [0.5, 0.6) is 0 Å². The van der Waals surface area contributed by atoms with Crippen LogP contribution in [-0.2, 0) is 4.74 Å². The fraction of sp³-hybridized carbons (Fsp3) is 0.467. The van der Waals surface area contributed by atoms with E-state index < -0.39 is 0 Å². The van der Waals surface area contributed by atoms with E-state index in [1.165, 1.54) is 11.1 Å². The number of rotatable bonds is 2. The highest BCUT2D eigenvalue weighted by Crippen LogP contribution is 2.50. The van der Waals surface area contributed by atoms with Crippen LogP contribution in [0, 0.1) is 11.3 Å². The maximum Gasteiger partial charge on any atom is 0.0882 e. The second-order valence-corrected chi connectivity index (χ2v) is 5.34. The van der Waals surface area contributed by atoms with Crippen molar-refractivity contribution in [2.75, 3.05) is 6.61 Å². The van der Waals surface area contributed by atoms with E-state index in [2.05, 4.69) is 51.6 Å². The molecular formula is C15H20O. The molecule has 0 spiro atoms. The fourth-order valence-corrected chi connectivity index (χ4v) is 2.74. The monoisotopic (exact) mass is 216 g/mol. The zero-order valence-electron chi connectivity index (χ0n) is 10.4. The van der Waals surface area contributed by atoms with Gasteiger partial charge in [-0.15, -0.1) is 0 Å². The molecule has 1 nitrogen and oxygen atoms in total. The third kappa shape index (κ3) is 1.80. The standard InChI is InChI=1S/C15H20O/c1-11(2)13-10-16-14(15(13,3)4)12-8-6-5-7-9-12/h5-9,13-14H,1,10H2,2-4H3/t13-,14-/m1/s1. The van der Waals surface area contributed by atoms with Crippen LogP contribution in [0.25, 0.3) is 0 Å². The van der Waals surface area contributed by atoms with E-state index in [-0.39, 0.29) is 11.5 Å². The lowest BCUT2D eigenvalue weighted by Gasteiger charge is -2.31. The SMILES string of the molecule is C=C(C)[C@H]1CO[C@H](c2ccccc2)C1(C)C. The summed E-state index contributed by atoms with van der Waals surface area (Å²) in [5.41, 5.74) is 2.63. The van der Waals surface area contributed by atoms with Gasteiger partial charge in [0.25, 0.3) is 0 Å². The summed E-state index contributed by atoms with van der Waals surface area (Å²) in [6.07, 6.45) is 0.190. The first-order chi connectivity index (χ1) is 7.53. The lowest BCUT2D eigenvalue weighted by atomic mass is 9.72. The van der Waals surface area contributed by atoms with Crippen molar-refractivity contribution in [1.29, 1.82) is 0 Å². The summed E-state index contributed by atoms with van der Waals surface area (Å²) in [6.45, 7) is 11.5. The molecule has 0 N–H and O–H groups in total. The normalized spacial score (nSPS) is 27.9. The highest BCUT2D eigenvalue weighted by Gasteiger charge is 2.45. The van der Waals surface area contributed by atoms with Crippen LogP contribution in [0.2, 0.25) is 0 Å². The second kappa shape index (κ2) is 4.06. The van der Waals surface area contributed by atoms with Gasteiger partial charge in [-0.2, -0.15) is 0 Å². The molecular weight excluding hydrogens is 196 g/mol. The van der Waals surface area contributed by atoms with E-state index in [9.17, 15) is 0 Å². The van der Waals surface area contributed by atoms with E-state index in [0.29, 0.717) is 5.92 Å². The fourth-order valence-electron chi connectivity index (χ4n) is 2.74. The molecule has 0 bridgehead atoms. The van der Waals surface area contributed by atoms with Gasteiger partial charge in [-0.25, -0.2) is 0 Å². The van der Waals surface area contributed by atoms with Gasteiger partial charge in [0, 0.05) is 11.3 Å². The molecule has 0 radical (unpaired) electrons. The number of hydrogen-bond acceptors (Lipinski definition) is 1. The number of hydrogen-bond donors (Lipinski definition) is 0. The average Bonchev–Trinajstić information content (AvgIpc) is 2.55. The van der Waals surface area contributed by atoms with Crippen LogP contribution < -0.4 is 0 Å². The van der Waals surface area contributed by atoms with E-state index >= 15 is 0 Å². The molecule has 1 aliphatic heterocycles. The molecule has 2 atom stereocenters. The Bertz CT molecular complexity index is 378. The van der Waals surface area contributed by atoms with Crippen LogP contribution in [0.1, 0.15) is 32.4 Å². The van der Waals surface area contributed by atoms with Gasteiger partial charge in [0.1, 0.15) is 0 Å². The molecule has 1 aromatic rings. The van der Waals surface area contributed by atoms with Crippen molar-refractivity contribution in [2.45, 2.75) is 26.9 Å². The van der Waals surface area contributed by atoms with Crippen LogP contribution in [-0.4, -0.2) is 6.61 Å². The summed E-state index contributed by atoms with van der Waals surface area (Å²) in [5, 5.41) is 0. The summed E-state index contributed by atoms with van der Waals surface area (Å²) in [7, 11) is 0. The summed E-state index contributed by atoms with van der Waals surface area (Å²) in [4.78, 5) is 0. The Morgan fingerprint density at radius 3 is 2.44 bits per heavy atom. The van der Waals surface area contributed by atoms with E-state index in [4.69, 9.17) is 4.74 Å². The molecule has 1 fully saturated rings. The minimum atomic E-state index is 0.132. The Morgan fingerprint density at radius 1 is 1.31 bits per heavy atom. The molecule has 0 unspecified atom stereocenters. The largest absolute Gasteiger partial charge is 0.372 e. The highest BCUT2D eigenvalue weighted by atomic mass is 16.5. The van der Waals surface area contributed by atoms with Crippen molar-refractivity contribution in [3.8, 4) is 0 Å². The molecule has 1 heteroatoms. The predicted molar refractivity (Wildman–Crippen MR) is 67.2 cm³/mol. The molecule has 0 aromatic heterocycles. The molecule has 1 aromatic carbocycles. The van der Waals surface area contributed by atoms with Crippen molar-refractivity contribution in [2.24, 2.45) is 11.3 Å². The molecule has 2 rings (SSSR count). The quantitative estimate of drug-likeness (QED) is 0.679. The van der Waals surface area contributed by atoms with Gasteiger partial charge >= 0.3 is 0 Å². The van der Waals surface area contributed by atoms with Crippen molar-refractivity contribution >= 4 is 0 Å². The predicted octanol–water partition coefficient (Wildman–Crippen LogP) is 3.98. The zero-order chi connectivity index (χ0) is 11.8. The molecule has 0 aliphatic carbocycles. The lowest BCUT2D eigenvalue weighted by molar-refractivity contribution is 0.0631. The zero-order valence-corrected chi connectivity index (χ0v) is 10.4. The van der Waals surface area contributed by atoms with Crippen LogP contribution in [0.4, 0.5) is 0 Å². The smallest absolute Gasteiger partial charge is 0.0882 e. The molecule has 86 valence electrons. The Kier molecular flexibility index (Phi) is 2.90. The lowest BCUT2D eigenvalue weighted by Crippen LogP contribution is -2.25. The maximum absolute atomic E-state index is 5.97. The summed E-state index contributed by atoms with van der Waals surface area (Å²) in [6, 6.07) is 10.5. The minimum Gasteiger partial charge on any atom is -0.372 e. The van der Waals surface area contributed by atoms with E-state index in [1.807, 2.05) is 6.07 Å². The van der Waals surface area contributed by atoms with Gasteiger partial charge in [0.2, 0.25) is 0 Å². The topological polar surface area (TPSA) is 9.23 Å². The van der Waals surface area contributed by atoms with E-state index in [1.54, 1.807) is 0 Å². The van der Waals surface area contributed by atoms with Gasteiger partial charge in [-0.3, -0.25) is 0 Å². The third-order valence-electron chi connectivity index (χ3n) is 3.70. The Balaban J connectivity index is 2.29. The molecule has 1 aliphatic rings. The summed E-state index contributed by atoms with van der Waals surface area (Å²) in [5.74, 6) is 0.456. The first kappa shape index (κ1) is 11.4. The molecule has 1 saturated heterocycles. The van der Waals surface area contributed by atoms with Gasteiger partial charge in [0.05, 0.1) is 12.7 Å². The average molecular weight is 216 g/mol. The van der Waals surface area contributed by atoms with Gasteiger partial charge < -0.3 is 4.74 Å². The minimum absolute atomic E-state index is 0.132. The summed E-state index contributed by atoms with van der Waals surface area (Å²) < 4.78 is 5.97. The summed E-state index contributed by atoms with van der Waals surface area (Å²) >= 11 is 0. The maximum atomic E-state index is 5.97. The van der Waals surface area contributed by atoms with Crippen molar-refractivity contribution in [1.82, 2.24) is 0 Å². The van der Waals surface area contributed by atoms with Crippen LogP contribution in [0.15, 0.2) is 42.5 Å². The third-order valence-corrected chi connectivity index (χ3v) is 3.70. The van der Waals surface area contributed by atoms with Gasteiger partial charge in [0.15, 0.2) is 0 Å². The van der Waals surface area contributed by atoms with Crippen molar-refractivity contribution < 1.29 is 4.74 Å². The van der Waals surface area contributed by atoms with Gasteiger partial charge in [-0.1, -0.05) is 56.3 Å². The van der Waals surface area contributed by atoms with Gasteiger partial charge in [-0.05, 0) is 12.5 Å². The Hall–Kier alpha value is -1.08. The number of ether oxygens (including phenoxy) is 1. The molecule has 0 amide bonds. The van der Waals surface area contributed by atoms with Crippen LogP contribution >= 0.6 is 0 Å². The number of benzene rings is 1. The Morgan fingerprint density at radius 2 is 1.94 bits per heavy atom. The first-order valence-electron chi connectivity index (χ1n) is 5.85. The van der Waals surface area contributed by atoms with Crippen molar-refractivity contribution in [3.05, 3.63) is 48.0 Å². The highest BCUT2D eigenvalue weighted by molar-refractivity contribution is 5.23. The first-order valence-corrected chi connectivity index (χ1v) is 5.85. The second-order valence-electron chi connectivity index (χ2n) is 5.34.